The number of hydrogen-bond acceptors (Lipinski definition) is 5. The van der Waals surface area contributed by atoms with Crippen LogP contribution in [0.5, 0.6) is 17.2 Å². The van der Waals surface area contributed by atoms with Crippen LogP contribution in [0.1, 0.15) is 12.5 Å². The van der Waals surface area contributed by atoms with Crippen molar-refractivity contribution < 1.29 is 23.4 Å². The van der Waals surface area contributed by atoms with Crippen LogP contribution in [0.4, 0.5) is 10.1 Å². The highest BCUT2D eigenvalue weighted by atomic mass is 35.5. The van der Waals surface area contributed by atoms with Crippen molar-refractivity contribution in [1.82, 2.24) is 0 Å². The van der Waals surface area contributed by atoms with Crippen molar-refractivity contribution in [2.24, 2.45) is 0 Å². The van der Waals surface area contributed by atoms with E-state index in [9.17, 15) is 14.4 Å². The molecule has 0 aliphatic carbocycles. The van der Waals surface area contributed by atoms with Gasteiger partial charge in [-0.2, -0.15) is 5.26 Å². The van der Waals surface area contributed by atoms with Crippen LogP contribution in [0.3, 0.4) is 0 Å². The summed E-state index contributed by atoms with van der Waals surface area (Å²) in [5.74, 6) is -0.0548. The van der Waals surface area contributed by atoms with Gasteiger partial charge >= 0.3 is 0 Å². The van der Waals surface area contributed by atoms with Crippen LogP contribution in [0.25, 0.3) is 6.08 Å². The van der Waals surface area contributed by atoms with Gasteiger partial charge in [0.15, 0.2) is 11.5 Å². The Morgan fingerprint density at radius 3 is 2.39 bits per heavy atom. The standard InChI is InChI=1S/C20H18ClFN2O4/c1-4-28-19-17(26-2)8-12(9-18(19)27-3)7-13(11-23)20(25)24-14-5-6-16(22)15(21)10-14/h5-10H,4H2,1-3H3,(H,24,25)/b13-7-. The van der Waals surface area contributed by atoms with Gasteiger partial charge in [0.05, 0.1) is 25.8 Å². The third-order valence-corrected chi connectivity index (χ3v) is 3.91. The third kappa shape index (κ3) is 4.93. The van der Waals surface area contributed by atoms with Crippen molar-refractivity contribution >= 4 is 29.3 Å². The smallest absolute Gasteiger partial charge is 0.266 e. The van der Waals surface area contributed by atoms with E-state index in [-0.39, 0.29) is 16.3 Å². The molecule has 146 valence electrons. The van der Waals surface area contributed by atoms with E-state index in [0.717, 1.165) is 6.07 Å². The quantitative estimate of drug-likeness (QED) is 0.545. The SMILES string of the molecule is CCOc1c(OC)cc(/C=C(/C#N)C(=O)Nc2ccc(F)c(Cl)c2)cc1OC. The Kier molecular flexibility index (Phi) is 7.24. The molecule has 0 saturated heterocycles. The average molecular weight is 405 g/mol. The minimum Gasteiger partial charge on any atom is -0.493 e. The molecule has 8 heteroatoms. The van der Waals surface area contributed by atoms with E-state index in [2.05, 4.69) is 5.32 Å². The molecule has 2 rings (SSSR count). The van der Waals surface area contributed by atoms with Crippen LogP contribution in [0.2, 0.25) is 5.02 Å². The zero-order chi connectivity index (χ0) is 20.7. The van der Waals surface area contributed by atoms with Crippen LogP contribution < -0.4 is 19.5 Å². The van der Waals surface area contributed by atoms with E-state index in [1.54, 1.807) is 12.1 Å². The molecule has 0 aliphatic heterocycles. The number of carbonyl (C=O) groups excluding carboxylic acids is 1. The lowest BCUT2D eigenvalue weighted by molar-refractivity contribution is -0.112. The maximum atomic E-state index is 13.2. The summed E-state index contributed by atoms with van der Waals surface area (Å²) in [7, 11) is 2.95. The van der Waals surface area contributed by atoms with Gasteiger partial charge in [0, 0.05) is 5.69 Å². The van der Waals surface area contributed by atoms with Crippen LogP contribution in [-0.4, -0.2) is 26.7 Å². The summed E-state index contributed by atoms with van der Waals surface area (Å²) >= 11 is 5.70. The van der Waals surface area contributed by atoms with Gasteiger partial charge in [-0.15, -0.1) is 0 Å². The van der Waals surface area contributed by atoms with Crippen molar-refractivity contribution in [3.05, 3.63) is 52.3 Å². The van der Waals surface area contributed by atoms with E-state index in [1.165, 1.54) is 32.4 Å². The first-order valence-corrected chi connectivity index (χ1v) is 8.58. The molecule has 0 radical (unpaired) electrons. The van der Waals surface area contributed by atoms with Gasteiger partial charge in [-0.25, -0.2) is 4.39 Å². The fourth-order valence-corrected chi connectivity index (χ4v) is 2.54. The number of anilines is 1. The van der Waals surface area contributed by atoms with Gasteiger partial charge < -0.3 is 19.5 Å². The van der Waals surface area contributed by atoms with Crippen molar-refractivity contribution in [3.8, 4) is 23.3 Å². The summed E-state index contributed by atoms with van der Waals surface area (Å²) < 4.78 is 29.4. The summed E-state index contributed by atoms with van der Waals surface area (Å²) in [6.07, 6.45) is 1.38. The molecular weight excluding hydrogens is 387 g/mol. The van der Waals surface area contributed by atoms with Crippen molar-refractivity contribution in [1.29, 1.82) is 5.26 Å². The number of amides is 1. The molecule has 2 aromatic rings. The number of halogens is 2. The van der Waals surface area contributed by atoms with Gasteiger partial charge in [0.25, 0.3) is 5.91 Å². The molecule has 0 spiro atoms. The number of hydrogen-bond donors (Lipinski definition) is 1. The minimum absolute atomic E-state index is 0.138. The minimum atomic E-state index is -0.669. The lowest BCUT2D eigenvalue weighted by Crippen LogP contribution is -2.13. The number of nitrogens with zero attached hydrogens (tertiary/aromatic N) is 1. The first-order chi connectivity index (χ1) is 13.4. The van der Waals surface area contributed by atoms with E-state index in [0.29, 0.717) is 29.4 Å². The normalized spacial score (nSPS) is 10.8. The van der Waals surface area contributed by atoms with Gasteiger partial charge in [-0.05, 0) is 48.9 Å². The van der Waals surface area contributed by atoms with Gasteiger partial charge in [-0.1, -0.05) is 11.6 Å². The third-order valence-electron chi connectivity index (χ3n) is 3.63. The maximum Gasteiger partial charge on any atom is 0.266 e. The van der Waals surface area contributed by atoms with Crippen molar-refractivity contribution in [2.45, 2.75) is 6.92 Å². The molecule has 28 heavy (non-hydrogen) atoms. The molecular formula is C20H18ClFN2O4. The molecule has 0 heterocycles. The molecule has 2 aromatic carbocycles. The Hall–Kier alpha value is -3.24. The summed E-state index contributed by atoms with van der Waals surface area (Å²) in [6.45, 7) is 2.24. The summed E-state index contributed by atoms with van der Waals surface area (Å²) in [4.78, 5) is 12.4. The highest BCUT2D eigenvalue weighted by molar-refractivity contribution is 6.31. The molecule has 0 aliphatic rings. The number of nitriles is 1. The number of carbonyl (C=O) groups is 1. The predicted molar refractivity (Wildman–Crippen MR) is 104 cm³/mol. The molecule has 1 amide bonds. The van der Waals surface area contributed by atoms with Gasteiger partial charge in [0.1, 0.15) is 17.5 Å². The highest BCUT2D eigenvalue weighted by Gasteiger charge is 2.15. The van der Waals surface area contributed by atoms with E-state index in [4.69, 9.17) is 25.8 Å². The number of benzene rings is 2. The lowest BCUT2D eigenvalue weighted by atomic mass is 10.1. The van der Waals surface area contributed by atoms with Crippen molar-refractivity contribution in [2.75, 3.05) is 26.1 Å². The first-order valence-electron chi connectivity index (χ1n) is 8.20. The molecule has 0 bridgehead atoms. The van der Waals surface area contributed by atoms with Gasteiger partial charge in [-0.3, -0.25) is 4.79 Å². The monoisotopic (exact) mass is 404 g/mol. The molecule has 0 aromatic heterocycles. The number of rotatable bonds is 7. The lowest BCUT2D eigenvalue weighted by Gasteiger charge is -2.14. The Balaban J connectivity index is 2.36. The number of nitrogens with one attached hydrogen (secondary N) is 1. The molecule has 0 unspecified atom stereocenters. The van der Waals surface area contributed by atoms with E-state index in [1.807, 2.05) is 13.0 Å². The second kappa shape index (κ2) is 9.62. The zero-order valence-corrected chi connectivity index (χ0v) is 16.3. The Morgan fingerprint density at radius 2 is 1.89 bits per heavy atom. The molecule has 6 nitrogen and oxygen atoms in total. The molecule has 1 N–H and O–H groups in total. The molecule has 0 atom stereocenters. The Morgan fingerprint density at radius 1 is 1.25 bits per heavy atom. The van der Waals surface area contributed by atoms with Crippen LogP contribution in [0.15, 0.2) is 35.9 Å². The Bertz CT molecular complexity index is 929. The largest absolute Gasteiger partial charge is 0.493 e. The summed E-state index contributed by atoms with van der Waals surface area (Å²) in [5.41, 5.74) is 0.592. The highest BCUT2D eigenvalue weighted by Crippen LogP contribution is 2.39. The second-order valence-corrected chi connectivity index (χ2v) is 5.85. The Labute approximate surface area is 167 Å². The zero-order valence-electron chi connectivity index (χ0n) is 15.5. The average Bonchev–Trinajstić information content (AvgIpc) is 2.69. The summed E-state index contributed by atoms with van der Waals surface area (Å²) in [5, 5.41) is 11.7. The predicted octanol–water partition coefficient (Wildman–Crippen LogP) is 4.44. The van der Waals surface area contributed by atoms with Crippen molar-refractivity contribution in [3.63, 3.8) is 0 Å². The van der Waals surface area contributed by atoms with Gasteiger partial charge in [0.2, 0.25) is 5.75 Å². The topological polar surface area (TPSA) is 80.6 Å². The number of methoxy groups -OCH3 is 2. The summed E-state index contributed by atoms with van der Waals surface area (Å²) in [6, 6.07) is 8.80. The fraction of sp³-hybridized carbons (Fsp3) is 0.200. The fourth-order valence-electron chi connectivity index (χ4n) is 2.36. The van der Waals surface area contributed by atoms with Crippen LogP contribution >= 0.6 is 11.6 Å². The van der Waals surface area contributed by atoms with E-state index < -0.39 is 11.7 Å². The molecule has 0 fully saturated rings. The maximum absolute atomic E-state index is 13.2. The first kappa shape index (κ1) is 21.1. The van der Waals surface area contributed by atoms with E-state index >= 15 is 0 Å². The van der Waals surface area contributed by atoms with Crippen LogP contribution in [0, 0.1) is 17.1 Å². The van der Waals surface area contributed by atoms with Crippen LogP contribution in [-0.2, 0) is 4.79 Å². The second-order valence-electron chi connectivity index (χ2n) is 5.44. The number of ether oxygens (including phenoxy) is 3. The molecule has 0 saturated carbocycles.